The molecule has 0 atom stereocenters. The molecule has 0 radical (unpaired) electrons. The van der Waals surface area contributed by atoms with Gasteiger partial charge < -0.3 is 19.5 Å². The van der Waals surface area contributed by atoms with Crippen molar-refractivity contribution in [2.24, 2.45) is 5.41 Å². The van der Waals surface area contributed by atoms with Gasteiger partial charge in [-0.15, -0.1) is 0 Å². The summed E-state index contributed by atoms with van der Waals surface area (Å²) in [5.74, 6) is 1.51. The molecule has 1 aromatic carbocycles. The molecule has 0 saturated carbocycles. The van der Waals surface area contributed by atoms with Gasteiger partial charge in [-0.2, -0.15) is 0 Å². The molecule has 0 saturated heterocycles. The summed E-state index contributed by atoms with van der Waals surface area (Å²) in [4.78, 5) is 12.0. The molecular formula is C14H21NO4. The first kappa shape index (κ1) is 15.1. The summed E-state index contributed by atoms with van der Waals surface area (Å²) in [5.41, 5.74) is 0.0677. The Balaban J connectivity index is 3.16. The Labute approximate surface area is 113 Å². The van der Waals surface area contributed by atoms with Crippen molar-refractivity contribution in [3.63, 3.8) is 0 Å². The smallest absolute Gasteiger partial charge is 0.229 e. The fourth-order valence-corrected chi connectivity index (χ4v) is 1.44. The monoisotopic (exact) mass is 267 g/mol. The van der Waals surface area contributed by atoms with Crippen LogP contribution >= 0.6 is 0 Å². The van der Waals surface area contributed by atoms with E-state index in [1.165, 1.54) is 7.11 Å². The van der Waals surface area contributed by atoms with Crippen molar-refractivity contribution in [1.82, 2.24) is 0 Å². The third kappa shape index (κ3) is 3.53. The zero-order valence-corrected chi connectivity index (χ0v) is 12.3. The number of hydrogen-bond donors (Lipinski definition) is 1. The normalized spacial score (nSPS) is 10.8. The van der Waals surface area contributed by atoms with Crippen LogP contribution in [0.15, 0.2) is 12.1 Å². The van der Waals surface area contributed by atoms with Crippen molar-refractivity contribution in [1.29, 1.82) is 0 Å². The van der Waals surface area contributed by atoms with Gasteiger partial charge >= 0.3 is 0 Å². The molecule has 5 nitrogen and oxygen atoms in total. The maximum atomic E-state index is 12.0. The van der Waals surface area contributed by atoms with Crippen LogP contribution in [0.3, 0.4) is 0 Å². The van der Waals surface area contributed by atoms with Crippen LogP contribution in [0.5, 0.6) is 17.2 Å². The fourth-order valence-electron chi connectivity index (χ4n) is 1.44. The van der Waals surface area contributed by atoms with Crippen molar-refractivity contribution in [3.05, 3.63) is 12.1 Å². The van der Waals surface area contributed by atoms with Crippen LogP contribution in [-0.4, -0.2) is 27.2 Å². The lowest BCUT2D eigenvalue weighted by atomic mass is 9.95. The molecule has 1 amide bonds. The Morgan fingerprint density at radius 1 is 0.947 bits per heavy atom. The number of carbonyl (C=O) groups is 1. The molecule has 0 aromatic heterocycles. The lowest BCUT2D eigenvalue weighted by Crippen LogP contribution is -2.27. The molecule has 1 aromatic rings. The van der Waals surface area contributed by atoms with Crippen molar-refractivity contribution < 1.29 is 19.0 Å². The van der Waals surface area contributed by atoms with Crippen LogP contribution in [0.2, 0.25) is 0 Å². The number of anilines is 1. The highest BCUT2D eigenvalue weighted by atomic mass is 16.5. The maximum absolute atomic E-state index is 12.0. The molecule has 1 N–H and O–H groups in total. The molecule has 19 heavy (non-hydrogen) atoms. The molecule has 0 aliphatic rings. The van der Waals surface area contributed by atoms with Gasteiger partial charge in [-0.3, -0.25) is 4.79 Å². The summed E-state index contributed by atoms with van der Waals surface area (Å²) in [6, 6.07) is 3.36. The van der Waals surface area contributed by atoms with Crippen LogP contribution in [0.25, 0.3) is 0 Å². The number of carbonyl (C=O) groups excluding carboxylic acids is 1. The van der Waals surface area contributed by atoms with E-state index in [4.69, 9.17) is 14.2 Å². The first-order valence-corrected chi connectivity index (χ1v) is 5.95. The minimum Gasteiger partial charge on any atom is -0.494 e. The van der Waals surface area contributed by atoms with E-state index < -0.39 is 5.41 Å². The molecule has 0 aliphatic carbocycles. The van der Waals surface area contributed by atoms with E-state index >= 15 is 0 Å². The van der Waals surface area contributed by atoms with Gasteiger partial charge in [-0.05, 0) is 0 Å². The quantitative estimate of drug-likeness (QED) is 0.911. The minimum absolute atomic E-state index is 0.0991. The van der Waals surface area contributed by atoms with E-state index in [0.717, 1.165) is 0 Å². The van der Waals surface area contributed by atoms with Gasteiger partial charge in [0, 0.05) is 17.5 Å². The van der Waals surface area contributed by atoms with Gasteiger partial charge in [0.05, 0.1) is 27.0 Å². The number of methoxy groups -OCH3 is 3. The summed E-state index contributed by atoms with van der Waals surface area (Å²) in [6.07, 6.45) is 0. The summed E-state index contributed by atoms with van der Waals surface area (Å²) in [7, 11) is 4.62. The second kappa shape index (κ2) is 5.82. The molecular weight excluding hydrogens is 246 g/mol. The van der Waals surface area contributed by atoms with E-state index in [1.807, 2.05) is 20.8 Å². The lowest BCUT2D eigenvalue weighted by molar-refractivity contribution is -0.123. The third-order valence-electron chi connectivity index (χ3n) is 2.64. The van der Waals surface area contributed by atoms with E-state index in [2.05, 4.69) is 5.32 Å². The standard InChI is InChI=1S/C14H21NO4/c1-14(2,3)13(16)15-9-7-11(18-5)12(19-6)8-10(9)17-4/h7-8H,1-6H3,(H,15,16). The van der Waals surface area contributed by atoms with E-state index in [1.54, 1.807) is 26.4 Å². The van der Waals surface area contributed by atoms with Crippen molar-refractivity contribution >= 4 is 11.6 Å². The molecule has 0 fully saturated rings. The average molecular weight is 267 g/mol. The highest BCUT2D eigenvalue weighted by Gasteiger charge is 2.23. The van der Waals surface area contributed by atoms with Crippen molar-refractivity contribution in [2.45, 2.75) is 20.8 Å². The number of amides is 1. The minimum atomic E-state index is -0.488. The Kier molecular flexibility index (Phi) is 4.64. The Morgan fingerprint density at radius 2 is 1.42 bits per heavy atom. The number of nitrogens with one attached hydrogen (secondary N) is 1. The second-order valence-corrected chi connectivity index (χ2v) is 5.11. The lowest BCUT2D eigenvalue weighted by Gasteiger charge is -2.20. The summed E-state index contributed by atoms with van der Waals surface area (Å²) >= 11 is 0. The van der Waals surface area contributed by atoms with Crippen molar-refractivity contribution in [3.8, 4) is 17.2 Å². The zero-order valence-electron chi connectivity index (χ0n) is 12.3. The average Bonchev–Trinajstić information content (AvgIpc) is 2.36. The van der Waals surface area contributed by atoms with Gasteiger partial charge in [0.25, 0.3) is 0 Å². The van der Waals surface area contributed by atoms with Crippen LogP contribution < -0.4 is 19.5 Å². The van der Waals surface area contributed by atoms with Gasteiger partial charge in [-0.25, -0.2) is 0 Å². The Bertz CT molecular complexity index is 463. The first-order valence-electron chi connectivity index (χ1n) is 5.95. The Hall–Kier alpha value is -1.91. The van der Waals surface area contributed by atoms with Crippen LogP contribution in [-0.2, 0) is 4.79 Å². The van der Waals surface area contributed by atoms with E-state index in [9.17, 15) is 4.79 Å². The predicted octanol–water partition coefficient (Wildman–Crippen LogP) is 2.70. The Morgan fingerprint density at radius 3 is 1.84 bits per heavy atom. The fraction of sp³-hybridized carbons (Fsp3) is 0.500. The number of rotatable bonds is 4. The molecule has 0 unspecified atom stereocenters. The van der Waals surface area contributed by atoms with Gasteiger partial charge in [0.2, 0.25) is 5.91 Å². The molecule has 0 heterocycles. The largest absolute Gasteiger partial charge is 0.494 e. The molecule has 0 aliphatic heterocycles. The first-order chi connectivity index (χ1) is 8.83. The van der Waals surface area contributed by atoms with Crippen LogP contribution in [0.4, 0.5) is 5.69 Å². The summed E-state index contributed by atoms with van der Waals surface area (Å²) in [5, 5.41) is 2.83. The maximum Gasteiger partial charge on any atom is 0.229 e. The van der Waals surface area contributed by atoms with Gasteiger partial charge in [0.15, 0.2) is 11.5 Å². The topological polar surface area (TPSA) is 56.8 Å². The second-order valence-electron chi connectivity index (χ2n) is 5.11. The van der Waals surface area contributed by atoms with Gasteiger partial charge in [0.1, 0.15) is 5.75 Å². The molecule has 5 heteroatoms. The van der Waals surface area contributed by atoms with Crippen LogP contribution in [0, 0.1) is 5.41 Å². The van der Waals surface area contributed by atoms with Crippen LogP contribution in [0.1, 0.15) is 20.8 Å². The predicted molar refractivity (Wildman–Crippen MR) is 74.2 cm³/mol. The molecule has 106 valence electrons. The van der Waals surface area contributed by atoms with E-state index in [0.29, 0.717) is 22.9 Å². The molecule has 1 rings (SSSR count). The number of ether oxygens (including phenoxy) is 3. The highest BCUT2D eigenvalue weighted by molar-refractivity contribution is 5.96. The number of benzene rings is 1. The SMILES string of the molecule is COc1cc(OC)c(OC)cc1NC(=O)C(C)(C)C. The van der Waals surface area contributed by atoms with Crippen molar-refractivity contribution in [2.75, 3.05) is 26.6 Å². The molecule has 0 spiro atoms. The third-order valence-corrected chi connectivity index (χ3v) is 2.64. The summed E-state index contributed by atoms with van der Waals surface area (Å²) in [6.45, 7) is 5.53. The van der Waals surface area contributed by atoms with E-state index in [-0.39, 0.29) is 5.91 Å². The molecule has 0 bridgehead atoms. The highest BCUT2D eigenvalue weighted by Crippen LogP contribution is 2.38. The summed E-state index contributed by atoms with van der Waals surface area (Å²) < 4.78 is 15.7. The number of hydrogen-bond acceptors (Lipinski definition) is 4. The zero-order chi connectivity index (χ0) is 14.6. The van der Waals surface area contributed by atoms with Gasteiger partial charge in [-0.1, -0.05) is 20.8 Å².